The van der Waals surface area contributed by atoms with E-state index in [9.17, 15) is 0 Å². The zero-order valence-corrected chi connectivity index (χ0v) is 13.2. The van der Waals surface area contributed by atoms with Crippen LogP contribution in [0.15, 0.2) is 71.1 Å². The third-order valence-corrected chi connectivity index (χ3v) is 4.12. The van der Waals surface area contributed by atoms with E-state index in [1.165, 1.54) is 5.56 Å². The van der Waals surface area contributed by atoms with Gasteiger partial charge in [0, 0.05) is 5.39 Å². The van der Waals surface area contributed by atoms with E-state index in [0.717, 1.165) is 34.7 Å². The van der Waals surface area contributed by atoms with Crippen LogP contribution in [0.3, 0.4) is 0 Å². The minimum atomic E-state index is 0.364. The molecule has 2 heterocycles. The van der Waals surface area contributed by atoms with Gasteiger partial charge in [-0.25, -0.2) is 0 Å². The molecule has 114 valence electrons. The molecule has 2 aromatic heterocycles. The van der Waals surface area contributed by atoms with E-state index in [2.05, 4.69) is 24.3 Å². The summed E-state index contributed by atoms with van der Waals surface area (Å²) in [5.74, 6) is 1.87. The maximum absolute atomic E-state index is 5.84. The number of hydrogen-bond donors (Lipinski definition) is 0. The van der Waals surface area contributed by atoms with Crippen LogP contribution in [-0.2, 0) is 12.4 Å². The van der Waals surface area contributed by atoms with Crippen LogP contribution in [0.4, 0.5) is 0 Å². The second kappa shape index (κ2) is 5.94. The highest BCUT2D eigenvalue weighted by atomic mass is 35.5. The minimum Gasteiger partial charge on any atom is -0.458 e. The van der Waals surface area contributed by atoms with Crippen LogP contribution in [0.1, 0.15) is 11.3 Å². The van der Waals surface area contributed by atoms with Gasteiger partial charge in [-0.05, 0) is 23.8 Å². The van der Waals surface area contributed by atoms with E-state index < -0.39 is 0 Å². The Hall–Kier alpha value is -2.52. The van der Waals surface area contributed by atoms with Crippen LogP contribution in [-0.4, -0.2) is 9.78 Å². The highest BCUT2D eigenvalue weighted by molar-refractivity contribution is 6.16. The van der Waals surface area contributed by atoms with Gasteiger partial charge in [0.2, 0.25) is 0 Å². The van der Waals surface area contributed by atoms with Gasteiger partial charge in [-0.3, -0.25) is 4.68 Å². The summed E-state index contributed by atoms with van der Waals surface area (Å²) in [6.07, 6.45) is 0. The van der Waals surface area contributed by atoms with E-state index >= 15 is 0 Å². The summed E-state index contributed by atoms with van der Waals surface area (Å²) in [6, 6.07) is 22.3. The second-order valence-corrected chi connectivity index (χ2v) is 5.68. The Kier molecular flexibility index (Phi) is 3.64. The Labute approximate surface area is 139 Å². The van der Waals surface area contributed by atoms with E-state index in [4.69, 9.17) is 21.1 Å². The predicted molar refractivity (Wildman–Crippen MR) is 92.5 cm³/mol. The van der Waals surface area contributed by atoms with Crippen molar-refractivity contribution in [1.29, 1.82) is 0 Å². The van der Waals surface area contributed by atoms with Gasteiger partial charge in [0.15, 0.2) is 5.76 Å². The maximum atomic E-state index is 5.84. The molecule has 4 rings (SSSR count). The normalized spacial score (nSPS) is 11.2. The van der Waals surface area contributed by atoms with Crippen LogP contribution in [0.5, 0.6) is 0 Å². The molecule has 0 N–H and O–H groups in total. The molecule has 0 aliphatic carbocycles. The summed E-state index contributed by atoms with van der Waals surface area (Å²) in [5.41, 5.74) is 3.16. The molecule has 0 aliphatic rings. The van der Waals surface area contributed by atoms with Gasteiger partial charge in [0.1, 0.15) is 11.5 Å². The second-order valence-electron chi connectivity index (χ2n) is 5.41. The first-order chi connectivity index (χ1) is 11.3. The molecule has 0 spiro atoms. The average molecular weight is 323 g/mol. The monoisotopic (exact) mass is 322 g/mol. The summed E-state index contributed by atoms with van der Waals surface area (Å²) < 4.78 is 7.80. The fraction of sp³-hybridized carbons (Fsp3) is 0.105. The lowest BCUT2D eigenvalue weighted by Gasteiger charge is -2.03. The number of para-hydroxylation sites is 1. The quantitative estimate of drug-likeness (QED) is 0.490. The SMILES string of the molecule is ClCc1ccc(-c2nn(Cc3ccccc3)c3ccccc23)o1. The van der Waals surface area contributed by atoms with Crippen molar-refractivity contribution in [1.82, 2.24) is 9.78 Å². The van der Waals surface area contributed by atoms with Crippen LogP contribution in [0.2, 0.25) is 0 Å². The molecular weight excluding hydrogens is 308 g/mol. The fourth-order valence-corrected chi connectivity index (χ4v) is 2.91. The first kappa shape index (κ1) is 14.1. The fourth-order valence-electron chi connectivity index (χ4n) is 2.76. The standard InChI is InChI=1S/C19H15ClN2O/c20-12-15-10-11-18(23-15)19-16-8-4-5-9-17(16)22(21-19)13-14-6-2-1-3-7-14/h1-11H,12-13H2. The third-order valence-electron chi connectivity index (χ3n) is 3.86. The van der Waals surface area contributed by atoms with Crippen molar-refractivity contribution in [3.8, 4) is 11.5 Å². The van der Waals surface area contributed by atoms with E-state index in [1.807, 2.05) is 47.1 Å². The molecule has 0 atom stereocenters. The number of fused-ring (bicyclic) bond motifs is 1. The summed E-state index contributed by atoms with van der Waals surface area (Å²) in [7, 11) is 0. The number of benzene rings is 2. The molecular formula is C19H15ClN2O. The average Bonchev–Trinajstić information content (AvgIpc) is 3.21. The van der Waals surface area contributed by atoms with Gasteiger partial charge >= 0.3 is 0 Å². The zero-order valence-electron chi connectivity index (χ0n) is 12.4. The van der Waals surface area contributed by atoms with E-state index in [1.54, 1.807) is 0 Å². The number of furan rings is 1. The van der Waals surface area contributed by atoms with Crippen molar-refractivity contribution in [3.05, 3.63) is 78.1 Å². The van der Waals surface area contributed by atoms with Gasteiger partial charge < -0.3 is 4.42 Å². The topological polar surface area (TPSA) is 31.0 Å². The van der Waals surface area contributed by atoms with Gasteiger partial charge in [-0.15, -0.1) is 11.6 Å². The van der Waals surface area contributed by atoms with Gasteiger partial charge in [0.25, 0.3) is 0 Å². The van der Waals surface area contributed by atoms with Gasteiger partial charge in [-0.1, -0.05) is 48.5 Å². The number of alkyl halides is 1. The molecule has 3 nitrogen and oxygen atoms in total. The molecule has 0 radical (unpaired) electrons. The Balaban J connectivity index is 1.83. The third kappa shape index (κ3) is 2.64. The highest BCUT2D eigenvalue weighted by Gasteiger charge is 2.15. The lowest BCUT2D eigenvalue weighted by atomic mass is 10.2. The Morgan fingerprint density at radius 1 is 0.913 bits per heavy atom. The molecule has 23 heavy (non-hydrogen) atoms. The van der Waals surface area contributed by atoms with Gasteiger partial charge in [-0.2, -0.15) is 5.10 Å². The summed E-state index contributed by atoms with van der Waals surface area (Å²) in [5, 5.41) is 5.86. The maximum Gasteiger partial charge on any atom is 0.155 e. The van der Waals surface area contributed by atoms with Crippen LogP contribution < -0.4 is 0 Å². The molecule has 0 bridgehead atoms. The number of nitrogens with zero attached hydrogens (tertiary/aromatic N) is 2. The van der Waals surface area contributed by atoms with Crippen molar-refractivity contribution in [3.63, 3.8) is 0 Å². The molecule has 2 aromatic carbocycles. The molecule has 0 aliphatic heterocycles. The molecule has 0 amide bonds. The predicted octanol–water partition coefficient (Wildman–Crippen LogP) is 5.08. The smallest absolute Gasteiger partial charge is 0.155 e. The molecule has 4 aromatic rings. The highest BCUT2D eigenvalue weighted by Crippen LogP contribution is 2.30. The van der Waals surface area contributed by atoms with Crippen LogP contribution in [0.25, 0.3) is 22.4 Å². The van der Waals surface area contributed by atoms with Crippen molar-refractivity contribution < 1.29 is 4.42 Å². The van der Waals surface area contributed by atoms with Crippen molar-refractivity contribution in [2.45, 2.75) is 12.4 Å². The van der Waals surface area contributed by atoms with E-state index in [-0.39, 0.29) is 0 Å². The molecule has 0 fully saturated rings. The summed E-state index contributed by atoms with van der Waals surface area (Å²) in [6.45, 7) is 0.727. The number of rotatable bonds is 4. The lowest BCUT2D eigenvalue weighted by Crippen LogP contribution is -2.01. The van der Waals surface area contributed by atoms with Crippen LogP contribution >= 0.6 is 11.6 Å². The largest absolute Gasteiger partial charge is 0.458 e. The molecule has 0 unspecified atom stereocenters. The Morgan fingerprint density at radius 3 is 2.48 bits per heavy atom. The first-order valence-electron chi connectivity index (χ1n) is 7.49. The van der Waals surface area contributed by atoms with Crippen LogP contribution in [0, 0.1) is 0 Å². The zero-order chi connectivity index (χ0) is 15.6. The molecule has 4 heteroatoms. The first-order valence-corrected chi connectivity index (χ1v) is 8.03. The van der Waals surface area contributed by atoms with Crippen molar-refractivity contribution in [2.75, 3.05) is 0 Å². The number of halogens is 1. The summed E-state index contributed by atoms with van der Waals surface area (Å²) >= 11 is 5.84. The molecule has 0 saturated heterocycles. The van der Waals surface area contributed by atoms with Crippen molar-refractivity contribution >= 4 is 22.5 Å². The van der Waals surface area contributed by atoms with Gasteiger partial charge in [0.05, 0.1) is 17.9 Å². The summed E-state index contributed by atoms with van der Waals surface area (Å²) in [4.78, 5) is 0. The number of hydrogen-bond acceptors (Lipinski definition) is 2. The molecule has 0 saturated carbocycles. The van der Waals surface area contributed by atoms with Crippen molar-refractivity contribution in [2.24, 2.45) is 0 Å². The minimum absolute atomic E-state index is 0.364. The Morgan fingerprint density at radius 2 is 1.70 bits per heavy atom. The van der Waals surface area contributed by atoms with E-state index in [0.29, 0.717) is 5.88 Å². The number of aromatic nitrogens is 2. The Bertz CT molecular complexity index is 940. The lowest BCUT2D eigenvalue weighted by molar-refractivity contribution is 0.540.